The second-order valence-corrected chi connectivity index (χ2v) is 7.90. The average Bonchev–Trinajstić information content (AvgIpc) is 2.89. The summed E-state index contributed by atoms with van der Waals surface area (Å²) in [5.41, 5.74) is 3.39. The van der Waals surface area contributed by atoms with E-state index in [0.717, 1.165) is 67.6 Å². The van der Waals surface area contributed by atoms with Gasteiger partial charge in [-0.15, -0.1) is 0 Å². The summed E-state index contributed by atoms with van der Waals surface area (Å²) >= 11 is 12.8. The molecule has 1 aromatic carbocycles. The van der Waals surface area contributed by atoms with Crippen molar-refractivity contribution < 1.29 is 9.47 Å². The molecule has 3 heterocycles. The van der Waals surface area contributed by atoms with Crippen LogP contribution in [-0.2, 0) is 6.54 Å². The van der Waals surface area contributed by atoms with Crippen LogP contribution in [0.25, 0.3) is 16.9 Å². The lowest BCUT2D eigenvalue weighted by Crippen LogP contribution is -2.28. The van der Waals surface area contributed by atoms with Gasteiger partial charge in [-0.2, -0.15) is 0 Å². The number of rotatable bonds is 5. The molecule has 0 amide bonds. The molecular formula is C21H24Cl2N4O2. The lowest BCUT2D eigenvalue weighted by molar-refractivity contribution is 0.280. The zero-order chi connectivity index (χ0) is 20.4. The molecule has 1 saturated heterocycles. The average molecular weight is 435 g/mol. The third kappa shape index (κ3) is 4.16. The minimum absolute atomic E-state index is 0.518. The SMILES string of the molecule is COc1ccc(OC)c(-c2nc3c(Cl)cc(Cl)cn3c2CN2CCCNCC2)c1. The van der Waals surface area contributed by atoms with E-state index >= 15 is 0 Å². The third-order valence-electron chi connectivity index (χ3n) is 5.21. The van der Waals surface area contributed by atoms with Gasteiger partial charge in [0.15, 0.2) is 5.65 Å². The molecule has 0 bridgehead atoms. The Hall–Kier alpha value is -1.99. The number of pyridine rings is 1. The maximum absolute atomic E-state index is 6.49. The summed E-state index contributed by atoms with van der Waals surface area (Å²) in [7, 11) is 3.31. The molecule has 0 spiro atoms. The van der Waals surface area contributed by atoms with Crippen molar-refractivity contribution in [3.05, 3.63) is 46.2 Å². The summed E-state index contributed by atoms with van der Waals surface area (Å²) in [4.78, 5) is 7.32. The van der Waals surface area contributed by atoms with Crippen LogP contribution < -0.4 is 14.8 Å². The molecule has 2 aromatic heterocycles. The maximum Gasteiger partial charge on any atom is 0.156 e. The normalized spacial score (nSPS) is 15.4. The monoisotopic (exact) mass is 434 g/mol. The highest BCUT2D eigenvalue weighted by Crippen LogP contribution is 2.37. The summed E-state index contributed by atoms with van der Waals surface area (Å²) in [6.07, 6.45) is 2.98. The Morgan fingerprint density at radius 1 is 1.10 bits per heavy atom. The highest BCUT2D eigenvalue weighted by molar-refractivity contribution is 6.36. The minimum Gasteiger partial charge on any atom is -0.497 e. The van der Waals surface area contributed by atoms with E-state index in [4.69, 9.17) is 37.7 Å². The fraction of sp³-hybridized carbons (Fsp3) is 0.381. The van der Waals surface area contributed by atoms with Gasteiger partial charge in [0.1, 0.15) is 11.5 Å². The van der Waals surface area contributed by atoms with E-state index in [0.29, 0.717) is 15.7 Å². The summed E-state index contributed by atoms with van der Waals surface area (Å²) in [5, 5.41) is 4.54. The highest BCUT2D eigenvalue weighted by Gasteiger charge is 2.22. The van der Waals surface area contributed by atoms with Gasteiger partial charge >= 0.3 is 0 Å². The fourth-order valence-corrected chi connectivity index (χ4v) is 4.27. The van der Waals surface area contributed by atoms with Crippen molar-refractivity contribution in [1.82, 2.24) is 19.6 Å². The van der Waals surface area contributed by atoms with E-state index in [-0.39, 0.29) is 0 Å². The van der Waals surface area contributed by atoms with Crippen LogP contribution in [0, 0.1) is 0 Å². The second-order valence-electron chi connectivity index (χ2n) is 7.05. The Balaban J connectivity index is 1.90. The molecule has 1 aliphatic rings. The van der Waals surface area contributed by atoms with Gasteiger partial charge in [-0.1, -0.05) is 23.2 Å². The van der Waals surface area contributed by atoms with Crippen molar-refractivity contribution in [2.24, 2.45) is 0 Å². The van der Waals surface area contributed by atoms with Gasteiger partial charge in [-0.05, 0) is 43.8 Å². The number of ether oxygens (including phenoxy) is 2. The number of imidazole rings is 1. The van der Waals surface area contributed by atoms with Crippen molar-refractivity contribution in [2.45, 2.75) is 13.0 Å². The zero-order valence-electron chi connectivity index (χ0n) is 16.5. The molecule has 1 aliphatic heterocycles. The minimum atomic E-state index is 0.518. The molecule has 0 aliphatic carbocycles. The van der Waals surface area contributed by atoms with Crippen LogP contribution in [0.2, 0.25) is 10.0 Å². The largest absolute Gasteiger partial charge is 0.497 e. The molecular weight excluding hydrogens is 411 g/mol. The van der Waals surface area contributed by atoms with E-state index in [1.54, 1.807) is 20.3 Å². The first-order chi connectivity index (χ1) is 14.1. The molecule has 0 unspecified atom stereocenters. The van der Waals surface area contributed by atoms with Crippen LogP contribution in [0.15, 0.2) is 30.5 Å². The Morgan fingerprint density at radius 2 is 1.97 bits per heavy atom. The van der Waals surface area contributed by atoms with E-state index < -0.39 is 0 Å². The topological polar surface area (TPSA) is 51.0 Å². The summed E-state index contributed by atoms with van der Waals surface area (Å²) in [6.45, 7) is 4.72. The van der Waals surface area contributed by atoms with Crippen LogP contribution in [0.4, 0.5) is 0 Å². The van der Waals surface area contributed by atoms with Crippen LogP contribution in [-0.4, -0.2) is 54.7 Å². The van der Waals surface area contributed by atoms with Crippen molar-refractivity contribution in [3.63, 3.8) is 0 Å². The number of nitrogens with zero attached hydrogens (tertiary/aromatic N) is 3. The van der Waals surface area contributed by atoms with Gasteiger partial charge in [0.05, 0.1) is 35.7 Å². The Kier molecular flexibility index (Phi) is 6.15. The van der Waals surface area contributed by atoms with E-state index in [1.165, 1.54) is 0 Å². The van der Waals surface area contributed by atoms with Crippen LogP contribution in [0.3, 0.4) is 0 Å². The first kappa shape index (κ1) is 20.3. The van der Waals surface area contributed by atoms with Crippen LogP contribution in [0.1, 0.15) is 12.1 Å². The van der Waals surface area contributed by atoms with Gasteiger partial charge in [-0.3, -0.25) is 9.30 Å². The zero-order valence-corrected chi connectivity index (χ0v) is 18.1. The number of fused-ring (bicyclic) bond motifs is 1. The molecule has 8 heteroatoms. The molecule has 3 aromatic rings. The van der Waals surface area contributed by atoms with Gasteiger partial charge in [0.25, 0.3) is 0 Å². The highest BCUT2D eigenvalue weighted by atomic mass is 35.5. The summed E-state index contributed by atoms with van der Waals surface area (Å²) < 4.78 is 13.1. The van der Waals surface area contributed by atoms with Crippen molar-refractivity contribution in [2.75, 3.05) is 40.4 Å². The maximum atomic E-state index is 6.49. The molecule has 0 saturated carbocycles. The molecule has 4 rings (SSSR count). The molecule has 29 heavy (non-hydrogen) atoms. The van der Waals surface area contributed by atoms with Gasteiger partial charge in [0, 0.05) is 31.4 Å². The molecule has 154 valence electrons. The molecule has 1 fully saturated rings. The van der Waals surface area contributed by atoms with E-state index in [9.17, 15) is 0 Å². The smallest absolute Gasteiger partial charge is 0.156 e. The van der Waals surface area contributed by atoms with Gasteiger partial charge < -0.3 is 14.8 Å². The first-order valence-electron chi connectivity index (χ1n) is 9.62. The number of aromatic nitrogens is 2. The lowest BCUT2D eigenvalue weighted by atomic mass is 10.1. The molecule has 0 atom stereocenters. The van der Waals surface area contributed by atoms with Crippen molar-refractivity contribution >= 4 is 28.8 Å². The Morgan fingerprint density at radius 3 is 2.76 bits per heavy atom. The number of benzene rings is 1. The number of hydrogen-bond acceptors (Lipinski definition) is 5. The third-order valence-corrected chi connectivity index (χ3v) is 5.69. The standard InChI is InChI=1S/C21H24Cl2N4O2/c1-28-15-4-5-19(29-2)16(11-15)20-18(13-26-8-3-6-24-7-9-26)27-12-14(22)10-17(23)21(27)25-20/h4-5,10-12,24H,3,6-9,13H2,1-2H3. The lowest BCUT2D eigenvalue weighted by Gasteiger charge is -2.20. The van der Waals surface area contributed by atoms with Crippen LogP contribution >= 0.6 is 23.2 Å². The van der Waals surface area contributed by atoms with E-state index in [2.05, 4.69) is 10.2 Å². The second kappa shape index (κ2) is 8.79. The number of nitrogens with one attached hydrogen (secondary N) is 1. The van der Waals surface area contributed by atoms with Crippen molar-refractivity contribution in [3.8, 4) is 22.8 Å². The summed E-state index contributed by atoms with van der Waals surface area (Å²) in [5.74, 6) is 1.47. The predicted molar refractivity (Wildman–Crippen MR) is 117 cm³/mol. The molecule has 1 N–H and O–H groups in total. The van der Waals surface area contributed by atoms with Crippen molar-refractivity contribution in [1.29, 1.82) is 0 Å². The number of halogens is 2. The quantitative estimate of drug-likeness (QED) is 0.654. The first-order valence-corrected chi connectivity index (χ1v) is 10.4. The molecule has 6 nitrogen and oxygen atoms in total. The molecule has 0 radical (unpaired) electrons. The van der Waals surface area contributed by atoms with Gasteiger partial charge in [0.2, 0.25) is 0 Å². The van der Waals surface area contributed by atoms with Gasteiger partial charge in [-0.25, -0.2) is 4.98 Å². The summed E-state index contributed by atoms with van der Waals surface area (Å²) in [6, 6.07) is 7.44. The van der Waals surface area contributed by atoms with E-state index in [1.807, 2.05) is 28.8 Å². The Bertz CT molecular complexity index is 1010. The number of methoxy groups -OCH3 is 2. The Labute approximate surface area is 180 Å². The fourth-order valence-electron chi connectivity index (χ4n) is 3.76. The van der Waals surface area contributed by atoms with Crippen LogP contribution in [0.5, 0.6) is 11.5 Å². The predicted octanol–water partition coefficient (Wildman–Crippen LogP) is 4.12. The number of hydrogen-bond donors (Lipinski definition) is 1.